The van der Waals surface area contributed by atoms with Gasteiger partial charge >= 0.3 is 23.9 Å². The molecule has 4 N–H and O–H groups in total. The topological polar surface area (TPSA) is 149 Å². The number of hydrogen-bond donors (Lipinski definition) is 4. The summed E-state index contributed by atoms with van der Waals surface area (Å²) in [6.07, 6.45) is -0.106. The van der Waals surface area contributed by atoms with Gasteiger partial charge in [0.05, 0.1) is 11.8 Å². The summed E-state index contributed by atoms with van der Waals surface area (Å²) in [7, 11) is 0. The predicted octanol–water partition coefficient (Wildman–Crippen LogP) is 1.53. The van der Waals surface area contributed by atoms with Crippen molar-refractivity contribution in [2.45, 2.75) is 47.0 Å². The molecular formula is C13H22O8. The van der Waals surface area contributed by atoms with E-state index < -0.39 is 34.7 Å². The fourth-order valence-corrected chi connectivity index (χ4v) is 1.40. The zero-order valence-corrected chi connectivity index (χ0v) is 12.5. The molecule has 21 heavy (non-hydrogen) atoms. The molecule has 0 saturated heterocycles. The van der Waals surface area contributed by atoms with Crippen LogP contribution in [0.3, 0.4) is 0 Å². The van der Waals surface area contributed by atoms with Crippen LogP contribution in [-0.2, 0) is 19.2 Å². The normalized spacial score (nSPS) is 11.0. The Morgan fingerprint density at radius 2 is 1.10 bits per heavy atom. The van der Waals surface area contributed by atoms with Gasteiger partial charge in [0.1, 0.15) is 0 Å². The van der Waals surface area contributed by atoms with Crippen molar-refractivity contribution in [3.8, 4) is 0 Å². The van der Waals surface area contributed by atoms with E-state index in [1.165, 1.54) is 13.8 Å². The lowest BCUT2D eigenvalue weighted by atomic mass is 9.83. The Bertz CT molecular complexity index is 390. The number of hydrogen-bond acceptors (Lipinski definition) is 4. The van der Waals surface area contributed by atoms with Crippen LogP contribution in [0.5, 0.6) is 0 Å². The second-order valence-corrected chi connectivity index (χ2v) is 5.16. The third-order valence-electron chi connectivity index (χ3n) is 3.20. The van der Waals surface area contributed by atoms with Gasteiger partial charge in [0.25, 0.3) is 0 Å². The summed E-state index contributed by atoms with van der Waals surface area (Å²) in [5, 5.41) is 33.9. The first-order valence-electron chi connectivity index (χ1n) is 6.29. The first kappa shape index (κ1) is 21.2. The number of aliphatic carboxylic acids is 4. The minimum Gasteiger partial charge on any atom is -0.481 e. The van der Waals surface area contributed by atoms with Gasteiger partial charge in [-0.1, -0.05) is 13.8 Å². The highest BCUT2D eigenvalue weighted by molar-refractivity contribution is 5.98. The minimum absolute atomic E-state index is 0.119. The van der Waals surface area contributed by atoms with E-state index in [2.05, 4.69) is 0 Å². The summed E-state index contributed by atoms with van der Waals surface area (Å²) in [5.41, 5.74) is -2.74. The van der Waals surface area contributed by atoms with Gasteiger partial charge in [0, 0.05) is 0 Å². The maximum atomic E-state index is 10.5. The highest BCUT2D eigenvalue weighted by atomic mass is 16.4. The van der Waals surface area contributed by atoms with Gasteiger partial charge in [0.15, 0.2) is 5.41 Å². The molecule has 0 heterocycles. The summed E-state index contributed by atoms with van der Waals surface area (Å²) in [5.74, 6) is -4.69. The maximum absolute atomic E-state index is 10.5. The standard InChI is InChI=1S/C7H12O4.C6H10O4/c1-3-7(4-2,5(8)9)6(10)11;1-6(2,5(9)10)3-4(7)8/h3-4H2,1-2H3,(H,8,9)(H,10,11);3H2,1-2H3,(H,7,8)(H,9,10). The fraction of sp³-hybridized carbons (Fsp3) is 0.692. The molecule has 0 spiro atoms. The first-order valence-corrected chi connectivity index (χ1v) is 6.29. The Kier molecular flexibility index (Phi) is 8.30. The predicted molar refractivity (Wildman–Crippen MR) is 72.0 cm³/mol. The van der Waals surface area contributed by atoms with Crippen molar-refractivity contribution in [3.63, 3.8) is 0 Å². The van der Waals surface area contributed by atoms with E-state index in [9.17, 15) is 19.2 Å². The Morgan fingerprint density at radius 3 is 1.14 bits per heavy atom. The molecule has 0 rings (SSSR count). The highest BCUT2D eigenvalue weighted by Crippen LogP contribution is 2.26. The average molecular weight is 306 g/mol. The molecule has 0 aliphatic carbocycles. The average Bonchev–Trinajstić information content (AvgIpc) is 2.29. The van der Waals surface area contributed by atoms with Gasteiger partial charge in [-0.05, 0) is 26.7 Å². The number of carboxylic acids is 4. The van der Waals surface area contributed by atoms with Crippen LogP contribution in [-0.4, -0.2) is 44.3 Å². The van der Waals surface area contributed by atoms with Crippen LogP contribution >= 0.6 is 0 Å². The molecule has 0 aromatic heterocycles. The lowest BCUT2D eigenvalue weighted by molar-refractivity contribution is -0.165. The van der Waals surface area contributed by atoms with Crippen molar-refractivity contribution in [2.24, 2.45) is 10.8 Å². The molecule has 8 heteroatoms. The molecule has 122 valence electrons. The van der Waals surface area contributed by atoms with Crippen molar-refractivity contribution < 1.29 is 39.6 Å². The van der Waals surface area contributed by atoms with Crippen LogP contribution in [0.25, 0.3) is 0 Å². The highest BCUT2D eigenvalue weighted by Gasteiger charge is 2.42. The summed E-state index contributed by atoms with van der Waals surface area (Å²) < 4.78 is 0. The monoisotopic (exact) mass is 306 g/mol. The molecule has 0 atom stereocenters. The molecule has 0 aromatic rings. The van der Waals surface area contributed by atoms with Gasteiger partial charge in [-0.25, -0.2) is 0 Å². The Labute approximate surface area is 122 Å². The van der Waals surface area contributed by atoms with Gasteiger partial charge in [-0.3, -0.25) is 19.2 Å². The summed E-state index contributed by atoms with van der Waals surface area (Å²) in [6.45, 7) is 5.88. The lowest BCUT2D eigenvalue weighted by Crippen LogP contribution is -2.38. The Morgan fingerprint density at radius 1 is 0.762 bits per heavy atom. The molecule has 0 radical (unpaired) electrons. The molecule has 0 aliphatic rings. The Hall–Kier alpha value is -2.12. The number of carbonyl (C=O) groups is 4. The largest absolute Gasteiger partial charge is 0.481 e. The second kappa shape index (κ2) is 8.23. The minimum atomic E-state index is -1.58. The molecule has 0 aromatic carbocycles. The van der Waals surface area contributed by atoms with E-state index in [4.69, 9.17) is 20.4 Å². The first-order chi connectivity index (χ1) is 9.37. The molecule has 0 amide bonds. The van der Waals surface area contributed by atoms with Crippen LogP contribution < -0.4 is 0 Å². The molecule has 0 aliphatic heterocycles. The van der Waals surface area contributed by atoms with Crippen LogP contribution in [0, 0.1) is 10.8 Å². The summed E-state index contributed by atoms with van der Waals surface area (Å²) in [4.78, 5) is 41.4. The fourth-order valence-electron chi connectivity index (χ4n) is 1.40. The van der Waals surface area contributed by atoms with E-state index in [0.29, 0.717) is 0 Å². The molecular weight excluding hydrogens is 284 g/mol. The molecule has 0 unspecified atom stereocenters. The van der Waals surface area contributed by atoms with Crippen molar-refractivity contribution in [2.75, 3.05) is 0 Å². The second-order valence-electron chi connectivity index (χ2n) is 5.16. The van der Waals surface area contributed by atoms with E-state index in [1.807, 2.05) is 0 Å². The molecule has 8 nitrogen and oxygen atoms in total. The Balaban J connectivity index is 0. The third-order valence-corrected chi connectivity index (χ3v) is 3.20. The molecule has 0 fully saturated rings. The van der Waals surface area contributed by atoms with Crippen molar-refractivity contribution in [3.05, 3.63) is 0 Å². The van der Waals surface area contributed by atoms with Crippen LogP contribution in [0.4, 0.5) is 0 Å². The van der Waals surface area contributed by atoms with E-state index in [-0.39, 0.29) is 19.3 Å². The summed E-state index contributed by atoms with van der Waals surface area (Å²) >= 11 is 0. The smallest absolute Gasteiger partial charge is 0.321 e. The summed E-state index contributed by atoms with van der Waals surface area (Å²) in [6, 6.07) is 0. The zero-order valence-electron chi connectivity index (χ0n) is 12.5. The zero-order chi connectivity index (χ0) is 17.4. The van der Waals surface area contributed by atoms with Crippen LogP contribution in [0.2, 0.25) is 0 Å². The number of rotatable bonds is 7. The number of carboxylic acid groups (broad SMARTS) is 4. The van der Waals surface area contributed by atoms with E-state index >= 15 is 0 Å². The third kappa shape index (κ3) is 6.24. The lowest BCUT2D eigenvalue weighted by Gasteiger charge is -2.20. The maximum Gasteiger partial charge on any atom is 0.321 e. The van der Waals surface area contributed by atoms with Crippen molar-refractivity contribution in [1.29, 1.82) is 0 Å². The van der Waals surface area contributed by atoms with Gasteiger partial charge < -0.3 is 20.4 Å². The molecule has 0 bridgehead atoms. The van der Waals surface area contributed by atoms with E-state index in [1.54, 1.807) is 13.8 Å². The molecule has 0 saturated carbocycles. The van der Waals surface area contributed by atoms with Crippen molar-refractivity contribution >= 4 is 23.9 Å². The SMILES string of the molecule is CC(C)(CC(=O)O)C(=O)O.CCC(CC)(C(=O)O)C(=O)O. The van der Waals surface area contributed by atoms with Crippen LogP contribution in [0.1, 0.15) is 47.0 Å². The van der Waals surface area contributed by atoms with Gasteiger partial charge in [-0.15, -0.1) is 0 Å². The van der Waals surface area contributed by atoms with Gasteiger partial charge in [0.2, 0.25) is 0 Å². The van der Waals surface area contributed by atoms with Crippen molar-refractivity contribution in [1.82, 2.24) is 0 Å². The van der Waals surface area contributed by atoms with Crippen LogP contribution in [0.15, 0.2) is 0 Å². The van der Waals surface area contributed by atoms with Gasteiger partial charge in [-0.2, -0.15) is 0 Å². The van der Waals surface area contributed by atoms with E-state index in [0.717, 1.165) is 0 Å². The quantitative estimate of drug-likeness (QED) is 0.517.